The highest BCUT2D eigenvalue weighted by Crippen LogP contribution is 2.18. The summed E-state index contributed by atoms with van der Waals surface area (Å²) in [6.07, 6.45) is 10.9. The third-order valence-electron chi connectivity index (χ3n) is 3.92. The molecule has 1 aliphatic heterocycles. The van der Waals surface area contributed by atoms with Gasteiger partial charge in [0.1, 0.15) is 0 Å². The zero-order valence-electron chi connectivity index (χ0n) is 11.7. The van der Waals surface area contributed by atoms with Crippen LogP contribution in [0.25, 0.3) is 0 Å². The van der Waals surface area contributed by atoms with Gasteiger partial charge in [0.05, 0.1) is 0 Å². The summed E-state index contributed by atoms with van der Waals surface area (Å²) in [6.45, 7) is 6.36. The van der Waals surface area contributed by atoms with Crippen molar-refractivity contribution in [2.24, 2.45) is 5.92 Å². The van der Waals surface area contributed by atoms with Crippen LogP contribution in [-0.4, -0.2) is 23.9 Å². The Hall–Kier alpha value is -0.530. The Labute approximate surface area is 107 Å². The number of carbonyl (C=O) groups excluding carboxylic acids is 1. The molecule has 0 saturated carbocycles. The van der Waals surface area contributed by atoms with E-state index in [4.69, 9.17) is 0 Å². The van der Waals surface area contributed by atoms with Gasteiger partial charge in [0, 0.05) is 19.0 Å². The molecule has 100 valence electrons. The van der Waals surface area contributed by atoms with Crippen molar-refractivity contribution < 1.29 is 4.79 Å². The Kier molecular flexibility index (Phi) is 7.30. The average Bonchev–Trinajstić information content (AvgIpc) is 2.29. The predicted octanol–water partition coefficient (Wildman–Crippen LogP) is 4.00. The van der Waals surface area contributed by atoms with Crippen molar-refractivity contribution in [2.45, 2.75) is 71.6 Å². The molecular weight excluding hydrogens is 210 g/mol. The average molecular weight is 239 g/mol. The molecule has 1 atom stereocenters. The molecule has 0 aromatic rings. The maximum absolute atomic E-state index is 12.4. The Morgan fingerprint density at radius 1 is 1.06 bits per heavy atom. The summed E-state index contributed by atoms with van der Waals surface area (Å²) < 4.78 is 0. The van der Waals surface area contributed by atoms with E-state index < -0.39 is 0 Å². The van der Waals surface area contributed by atoms with Gasteiger partial charge >= 0.3 is 0 Å². The molecule has 1 fully saturated rings. The van der Waals surface area contributed by atoms with E-state index in [1.165, 1.54) is 44.9 Å². The summed E-state index contributed by atoms with van der Waals surface area (Å²) >= 11 is 0. The molecule has 2 heteroatoms. The normalized spacial score (nSPS) is 19.5. The number of amides is 1. The molecule has 1 rings (SSSR count). The van der Waals surface area contributed by atoms with Crippen LogP contribution in [0, 0.1) is 5.92 Å². The molecule has 0 spiro atoms. The molecule has 1 saturated heterocycles. The summed E-state index contributed by atoms with van der Waals surface area (Å²) in [6, 6.07) is 0. The first-order valence-corrected chi connectivity index (χ1v) is 7.58. The number of nitrogens with zero attached hydrogens (tertiary/aromatic N) is 1. The Balaban J connectivity index is 2.45. The van der Waals surface area contributed by atoms with Crippen LogP contribution in [0.15, 0.2) is 0 Å². The van der Waals surface area contributed by atoms with Gasteiger partial charge < -0.3 is 4.90 Å². The standard InChI is InChI=1S/C15H29NO/c1-3-5-11-14(4-2)15(17)16-12-9-7-6-8-10-13-16/h14H,3-13H2,1-2H3/t14-/m0/s1. The Morgan fingerprint density at radius 3 is 2.18 bits per heavy atom. The van der Waals surface area contributed by atoms with Crippen LogP contribution in [0.5, 0.6) is 0 Å². The Morgan fingerprint density at radius 2 is 1.65 bits per heavy atom. The zero-order valence-corrected chi connectivity index (χ0v) is 11.7. The van der Waals surface area contributed by atoms with Crippen molar-refractivity contribution >= 4 is 5.91 Å². The summed E-state index contributed by atoms with van der Waals surface area (Å²) in [5.74, 6) is 0.720. The number of rotatable bonds is 5. The van der Waals surface area contributed by atoms with Gasteiger partial charge in [-0.3, -0.25) is 4.79 Å². The second kappa shape index (κ2) is 8.54. The topological polar surface area (TPSA) is 20.3 Å². The van der Waals surface area contributed by atoms with E-state index in [9.17, 15) is 4.79 Å². The second-order valence-electron chi connectivity index (χ2n) is 5.34. The third kappa shape index (κ3) is 5.10. The van der Waals surface area contributed by atoms with Crippen molar-refractivity contribution in [2.75, 3.05) is 13.1 Å². The molecule has 0 unspecified atom stereocenters. The number of carbonyl (C=O) groups is 1. The molecule has 0 aliphatic carbocycles. The van der Waals surface area contributed by atoms with Crippen LogP contribution in [-0.2, 0) is 4.79 Å². The highest BCUT2D eigenvalue weighted by atomic mass is 16.2. The number of hydrogen-bond acceptors (Lipinski definition) is 1. The molecule has 17 heavy (non-hydrogen) atoms. The van der Waals surface area contributed by atoms with Crippen LogP contribution < -0.4 is 0 Å². The monoisotopic (exact) mass is 239 g/mol. The SMILES string of the molecule is CCCC[C@H](CC)C(=O)N1CCCCCCC1. The van der Waals surface area contributed by atoms with Crippen molar-refractivity contribution in [3.05, 3.63) is 0 Å². The smallest absolute Gasteiger partial charge is 0.225 e. The maximum atomic E-state index is 12.4. The molecule has 0 N–H and O–H groups in total. The van der Waals surface area contributed by atoms with Gasteiger partial charge in [0.25, 0.3) is 0 Å². The van der Waals surface area contributed by atoms with Crippen molar-refractivity contribution in [1.82, 2.24) is 4.90 Å². The van der Waals surface area contributed by atoms with E-state index in [2.05, 4.69) is 18.7 Å². The first-order chi connectivity index (χ1) is 8.29. The van der Waals surface area contributed by atoms with Crippen molar-refractivity contribution in [3.8, 4) is 0 Å². The molecule has 2 nitrogen and oxygen atoms in total. The van der Waals surface area contributed by atoms with E-state index in [0.29, 0.717) is 5.91 Å². The fraction of sp³-hybridized carbons (Fsp3) is 0.933. The Bertz CT molecular complexity index is 207. The minimum Gasteiger partial charge on any atom is -0.342 e. The minimum atomic E-state index is 0.286. The molecule has 0 aromatic carbocycles. The van der Waals surface area contributed by atoms with Gasteiger partial charge in [-0.2, -0.15) is 0 Å². The fourth-order valence-corrected chi connectivity index (χ4v) is 2.68. The molecule has 0 aromatic heterocycles. The van der Waals surface area contributed by atoms with Crippen molar-refractivity contribution in [3.63, 3.8) is 0 Å². The highest BCUT2D eigenvalue weighted by molar-refractivity contribution is 5.78. The quantitative estimate of drug-likeness (QED) is 0.710. The third-order valence-corrected chi connectivity index (χ3v) is 3.92. The van der Waals surface area contributed by atoms with Crippen LogP contribution in [0.3, 0.4) is 0 Å². The number of hydrogen-bond donors (Lipinski definition) is 0. The van der Waals surface area contributed by atoms with Gasteiger partial charge in [0.2, 0.25) is 5.91 Å². The molecule has 0 radical (unpaired) electrons. The van der Waals surface area contributed by atoms with Gasteiger partial charge in [-0.25, -0.2) is 0 Å². The lowest BCUT2D eigenvalue weighted by Gasteiger charge is -2.28. The lowest BCUT2D eigenvalue weighted by molar-refractivity contribution is -0.136. The van der Waals surface area contributed by atoms with E-state index in [-0.39, 0.29) is 5.92 Å². The first kappa shape index (κ1) is 14.5. The molecule has 0 bridgehead atoms. The van der Waals surface area contributed by atoms with Crippen LogP contribution >= 0.6 is 0 Å². The zero-order chi connectivity index (χ0) is 12.5. The van der Waals surface area contributed by atoms with E-state index >= 15 is 0 Å². The van der Waals surface area contributed by atoms with E-state index in [1.54, 1.807) is 0 Å². The van der Waals surface area contributed by atoms with Gasteiger partial charge in [-0.15, -0.1) is 0 Å². The van der Waals surface area contributed by atoms with Gasteiger partial charge in [0.15, 0.2) is 0 Å². The first-order valence-electron chi connectivity index (χ1n) is 7.58. The second-order valence-corrected chi connectivity index (χ2v) is 5.34. The molecular formula is C15H29NO. The lowest BCUT2D eigenvalue weighted by Crippen LogP contribution is -2.38. The van der Waals surface area contributed by atoms with Crippen LogP contribution in [0.2, 0.25) is 0 Å². The lowest BCUT2D eigenvalue weighted by atomic mass is 9.97. The van der Waals surface area contributed by atoms with Gasteiger partial charge in [-0.1, -0.05) is 46.0 Å². The highest BCUT2D eigenvalue weighted by Gasteiger charge is 2.22. The minimum absolute atomic E-state index is 0.286. The number of unbranched alkanes of at least 4 members (excludes halogenated alkanes) is 1. The van der Waals surface area contributed by atoms with Gasteiger partial charge in [-0.05, 0) is 25.7 Å². The molecule has 1 heterocycles. The van der Waals surface area contributed by atoms with Crippen LogP contribution in [0.1, 0.15) is 71.6 Å². The van der Waals surface area contributed by atoms with Crippen LogP contribution in [0.4, 0.5) is 0 Å². The summed E-state index contributed by atoms with van der Waals surface area (Å²) in [5.41, 5.74) is 0. The van der Waals surface area contributed by atoms with Crippen molar-refractivity contribution in [1.29, 1.82) is 0 Å². The largest absolute Gasteiger partial charge is 0.342 e. The fourth-order valence-electron chi connectivity index (χ4n) is 2.68. The summed E-state index contributed by atoms with van der Waals surface area (Å²) in [7, 11) is 0. The number of likely N-dealkylation sites (tertiary alicyclic amines) is 1. The van der Waals surface area contributed by atoms with E-state index in [1.807, 2.05) is 0 Å². The maximum Gasteiger partial charge on any atom is 0.225 e. The molecule has 1 amide bonds. The summed E-state index contributed by atoms with van der Waals surface area (Å²) in [4.78, 5) is 14.6. The predicted molar refractivity (Wildman–Crippen MR) is 73.0 cm³/mol. The summed E-state index contributed by atoms with van der Waals surface area (Å²) in [5, 5.41) is 0. The molecule has 1 aliphatic rings. The van der Waals surface area contributed by atoms with E-state index in [0.717, 1.165) is 25.9 Å².